The lowest BCUT2D eigenvalue weighted by atomic mass is 10.2. The van der Waals surface area contributed by atoms with E-state index in [1.165, 1.54) is 0 Å². The quantitative estimate of drug-likeness (QED) is 0.846. The van der Waals surface area contributed by atoms with Crippen molar-refractivity contribution >= 4 is 17.3 Å². The van der Waals surface area contributed by atoms with E-state index in [9.17, 15) is 4.79 Å². The van der Waals surface area contributed by atoms with Crippen molar-refractivity contribution in [2.75, 3.05) is 43.1 Å². The molecule has 0 aromatic heterocycles. The normalized spacial score (nSPS) is 23.5. The zero-order valence-corrected chi connectivity index (χ0v) is 12.2. The van der Waals surface area contributed by atoms with Crippen molar-refractivity contribution in [2.24, 2.45) is 0 Å². The van der Waals surface area contributed by atoms with Gasteiger partial charge >= 0.3 is 0 Å². The number of morpholine rings is 1. The highest BCUT2D eigenvalue weighted by molar-refractivity contribution is 5.94. The molecule has 0 radical (unpaired) electrons. The maximum absolute atomic E-state index is 11.8. The summed E-state index contributed by atoms with van der Waals surface area (Å²) < 4.78 is 10.6. The van der Waals surface area contributed by atoms with Crippen LogP contribution in [0, 0.1) is 0 Å². The second-order valence-corrected chi connectivity index (χ2v) is 5.12. The standard InChI is InChI=1S/C15H20N2O4/c1-2-14-9-17(21-11-20-14)13-5-3-12(4-6-13)16-7-8-19-10-15(16)18/h3-6,14H,2,7-11H2,1H3/t14-/m0/s1. The first-order chi connectivity index (χ1) is 10.3. The topological polar surface area (TPSA) is 51.2 Å². The van der Waals surface area contributed by atoms with Gasteiger partial charge in [0.25, 0.3) is 5.91 Å². The zero-order valence-electron chi connectivity index (χ0n) is 12.2. The zero-order chi connectivity index (χ0) is 14.7. The van der Waals surface area contributed by atoms with Gasteiger partial charge in [-0.25, -0.2) is 9.90 Å². The summed E-state index contributed by atoms with van der Waals surface area (Å²) in [5.41, 5.74) is 1.87. The Balaban J connectivity index is 1.70. The fourth-order valence-corrected chi connectivity index (χ4v) is 2.50. The van der Waals surface area contributed by atoms with Crippen LogP contribution in [0.5, 0.6) is 0 Å². The first kappa shape index (κ1) is 14.3. The Kier molecular flexibility index (Phi) is 4.38. The molecule has 0 unspecified atom stereocenters. The van der Waals surface area contributed by atoms with Crippen molar-refractivity contribution in [2.45, 2.75) is 19.4 Å². The Morgan fingerprint density at radius 3 is 2.71 bits per heavy atom. The summed E-state index contributed by atoms with van der Waals surface area (Å²) in [7, 11) is 0. The van der Waals surface area contributed by atoms with Crippen LogP contribution >= 0.6 is 0 Å². The van der Waals surface area contributed by atoms with Crippen molar-refractivity contribution in [1.29, 1.82) is 0 Å². The number of hydrogen-bond acceptors (Lipinski definition) is 5. The number of hydroxylamine groups is 1. The minimum absolute atomic E-state index is 0.00247. The highest BCUT2D eigenvalue weighted by atomic mass is 16.8. The Labute approximate surface area is 124 Å². The molecule has 114 valence electrons. The average Bonchev–Trinajstić information content (AvgIpc) is 2.56. The van der Waals surface area contributed by atoms with Gasteiger partial charge in [-0.1, -0.05) is 6.92 Å². The second kappa shape index (κ2) is 6.43. The van der Waals surface area contributed by atoms with Crippen LogP contribution in [0.2, 0.25) is 0 Å². The van der Waals surface area contributed by atoms with Gasteiger partial charge in [-0.2, -0.15) is 0 Å². The van der Waals surface area contributed by atoms with E-state index in [0.29, 0.717) is 19.7 Å². The Bertz CT molecular complexity index is 491. The maximum Gasteiger partial charge on any atom is 0.253 e. The first-order valence-corrected chi connectivity index (χ1v) is 7.28. The van der Waals surface area contributed by atoms with Crippen LogP contribution < -0.4 is 9.96 Å². The van der Waals surface area contributed by atoms with Gasteiger partial charge in [0.15, 0.2) is 6.79 Å². The fourth-order valence-electron chi connectivity index (χ4n) is 2.50. The molecule has 0 N–H and O–H groups in total. The Morgan fingerprint density at radius 2 is 2.00 bits per heavy atom. The van der Waals surface area contributed by atoms with Gasteiger partial charge < -0.3 is 14.4 Å². The van der Waals surface area contributed by atoms with Gasteiger partial charge in [0.1, 0.15) is 6.61 Å². The molecule has 21 heavy (non-hydrogen) atoms. The Morgan fingerprint density at radius 1 is 1.24 bits per heavy atom. The molecule has 0 saturated carbocycles. The van der Waals surface area contributed by atoms with Crippen LogP contribution in [0.4, 0.5) is 11.4 Å². The minimum atomic E-state index is 0.00247. The molecule has 1 amide bonds. The summed E-state index contributed by atoms with van der Waals surface area (Å²) in [6, 6.07) is 7.82. The smallest absolute Gasteiger partial charge is 0.253 e. The number of carbonyl (C=O) groups excluding carboxylic acids is 1. The van der Waals surface area contributed by atoms with E-state index >= 15 is 0 Å². The van der Waals surface area contributed by atoms with E-state index in [4.69, 9.17) is 14.3 Å². The molecule has 0 bridgehead atoms. The van der Waals surface area contributed by atoms with E-state index < -0.39 is 0 Å². The van der Waals surface area contributed by atoms with Crippen LogP contribution in [0.15, 0.2) is 24.3 Å². The molecule has 3 rings (SSSR count). The van der Waals surface area contributed by atoms with Gasteiger partial charge in [0, 0.05) is 12.2 Å². The number of benzene rings is 1. The lowest BCUT2D eigenvalue weighted by Gasteiger charge is -2.33. The molecule has 1 aromatic rings. The van der Waals surface area contributed by atoms with Crippen molar-refractivity contribution < 1.29 is 19.1 Å². The third-order valence-corrected chi connectivity index (χ3v) is 3.77. The molecular weight excluding hydrogens is 272 g/mol. The lowest BCUT2D eigenvalue weighted by Crippen LogP contribution is -2.42. The van der Waals surface area contributed by atoms with E-state index in [2.05, 4.69) is 6.92 Å². The van der Waals surface area contributed by atoms with Crippen molar-refractivity contribution in [3.63, 3.8) is 0 Å². The third-order valence-electron chi connectivity index (χ3n) is 3.77. The SMILES string of the molecule is CC[C@H]1CN(c2ccc(N3CCOCC3=O)cc2)OCO1. The van der Waals surface area contributed by atoms with Crippen LogP contribution in [-0.2, 0) is 19.1 Å². The predicted octanol–water partition coefficient (Wildman–Crippen LogP) is 1.55. The lowest BCUT2D eigenvalue weighted by molar-refractivity contribution is -0.141. The highest BCUT2D eigenvalue weighted by Gasteiger charge is 2.22. The summed E-state index contributed by atoms with van der Waals surface area (Å²) in [5.74, 6) is 0.00247. The molecule has 1 aromatic carbocycles. The predicted molar refractivity (Wildman–Crippen MR) is 78.1 cm³/mol. The van der Waals surface area contributed by atoms with Gasteiger partial charge in [-0.05, 0) is 30.7 Å². The van der Waals surface area contributed by atoms with Crippen molar-refractivity contribution in [3.8, 4) is 0 Å². The van der Waals surface area contributed by atoms with Gasteiger partial charge in [-0.3, -0.25) is 4.79 Å². The third kappa shape index (κ3) is 3.18. The summed E-state index contributed by atoms with van der Waals surface area (Å²) in [5, 5.41) is 1.85. The minimum Gasteiger partial charge on any atom is -0.370 e. The van der Waals surface area contributed by atoms with Gasteiger partial charge in [0.05, 0.1) is 24.9 Å². The molecule has 6 nitrogen and oxygen atoms in total. The summed E-state index contributed by atoms with van der Waals surface area (Å²) in [6.07, 6.45) is 1.15. The molecule has 2 saturated heterocycles. The van der Waals surface area contributed by atoms with Gasteiger partial charge in [-0.15, -0.1) is 0 Å². The molecule has 6 heteroatoms. The second-order valence-electron chi connectivity index (χ2n) is 5.12. The van der Waals surface area contributed by atoms with Crippen molar-refractivity contribution in [3.05, 3.63) is 24.3 Å². The van der Waals surface area contributed by atoms with Crippen LogP contribution in [-0.4, -0.2) is 45.1 Å². The van der Waals surface area contributed by atoms with Crippen LogP contribution in [0.25, 0.3) is 0 Å². The number of nitrogens with zero attached hydrogens (tertiary/aromatic N) is 2. The van der Waals surface area contributed by atoms with Crippen molar-refractivity contribution in [1.82, 2.24) is 0 Å². The number of rotatable bonds is 3. The molecule has 1 atom stereocenters. The van der Waals surface area contributed by atoms with Gasteiger partial charge in [0.2, 0.25) is 0 Å². The largest absolute Gasteiger partial charge is 0.370 e. The number of anilines is 2. The molecule has 2 aliphatic heterocycles. The summed E-state index contributed by atoms with van der Waals surface area (Å²) >= 11 is 0. The van der Waals surface area contributed by atoms with E-state index in [1.807, 2.05) is 29.3 Å². The first-order valence-electron chi connectivity index (χ1n) is 7.28. The molecular formula is C15H20N2O4. The monoisotopic (exact) mass is 292 g/mol. The van der Waals surface area contributed by atoms with E-state index in [-0.39, 0.29) is 25.4 Å². The highest BCUT2D eigenvalue weighted by Crippen LogP contribution is 2.24. The summed E-state index contributed by atoms with van der Waals surface area (Å²) in [4.78, 5) is 19.1. The summed E-state index contributed by atoms with van der Waals surface area (Å²) in [6.45, 7) is 4.44. The number of ether oxygens (including phenoxy) is 2. The number of hydrogen-bond donors (Lipinski definition) is 0. The molecule has 0 spiro atoms. The van der Waals surface area contributed by atoms with Crippen LogP contribution in [0.3, 0.4) is 0 Å². The Hall–Kier alpha value is -1.63. The van der Waals surface area contributed by atoms with E-state index in [1.54, 1.807) is 4.90 Å². The maximum atomic E-state index is 11.8. The molecule has 2 heterocycles. The average molecular weight is 292 g/mol. The fraction of sp³-hybridized carbons (Fsp3) is 0.533. The number of amides is 1. The number of carbonyl (C=O) groups is 1. The van der Waals surface area contributed by atoms with Crippen LogP contribution in [0.1, 0.15) is 13.3 Å². The molecule has 0 aliphatic carbocycles. The van der Waals surface area contributed by atoms with E-state index in [0.717, 1.165) is 17.8 Å². The molecule has 2 aliphatic rings. The molecule has 2 fully saturated rings.